The standard InChI is InChI=1S/C17H18BrClO2/c1-11-4-12(2)6-14(5-11)10-21-17-15(18)7-13(9-19)8-16(17)20-3/h4-8H,9-10H2,1-3H3. The minimum atomic E-state index is 0.437. The minimum absolute atomic E-state index is 0.437. The maximum absolute atomic E-state index is 5.94. The van der Waals surface area contributed by atoms with E-state index in [1.807, 2.05) is 12.1 Å². The lowest BCUT2D eigenvalue weighted by Gasteiger charge is -2.14. The first-order valence-electron chi connectivity index (χ1n) is 6.66. The summed E-state index contributed by atoms with van der Waals surface area (Å²) in [7, 11) is 1.63. The maximum Gasteiger partial charge on any atom is 0.175 e. The van der Waals surface area contributed by atoms with Crippen molar-refractivity contribution in [3.8, 4) is 11.5 Å². The van der Waals surface area contributed by atoms with Crippen LogP contribution in [0, 0.1) is 13.8 Å². The van der Waals surface area contributed by atoms with E-state index in [1.54, 1.807) is 7.11 Å². The van der Waals surface area contributed by atoms with Crippen molar-refractivity contribution >= 4 is 27.5 Å². The van der Waals surface area contributed by atoms with E-state index in [9.17, 15) is 0 Å². The Balaban J connectivity index is 2.23. The van der Waals surface area contributed by atoms with Crippen LogP contribution in [0.5, 0.6) is 11.5 Å². The van der Waals surface area contributed by atoms with Gasteiger partial charge in [-0.15, -0.1) is 11.6 Å². The molecular weight excluding hydrogens is 352 g/mol. The van der Waals surface area contributed by atoms with Crippen LogP contribution in [0.3, 0.4) is 0 Å². The summed E-state index contributed by atoms with van der Waals surface area (Å²) in [5, 5.41) is 0. The van der Waals surface area contributed by atoms with Crippen molar-refractivity contribution < 1.29 is 9.47 Å². The summed E-state index contributed by atoms with van der Waals surface area (Å²) in [5.74, 6) is 1.82. The number of aryl methyl sites for hydroxylation is 2. The number of methoxy groups -OCH3 is 1. The number of hydrogen-bond acceptors (Lipinski definition) is 2. The van der Waals surface area contributed by atoms with E-state index in [0.717, 1.165) is 15.6 Å². The molecule has 0 radical (unpaired) electrons. The number of hydrogen-bond donors (Lipinski definition) is 0. The van der Waals surface area contributed by atoms with Gasteiger partial charge in [-0.3, -0.25) is 0 Å². The third-order valence-corrected chi connectivity index (χ3v) is 4.01. The predicted molar refractivity (Wildman–Crippen MR) is 90.5 cm³/mol. The molecule has 21 heavy (non-hydrogen) atoms. The van der Waals surface area contributed by atoms with Crippen LogP contribution in [0.1, 0.15) is 22.3 Å². The van der Waals surface area contributed by atoms with Gasteiger partial charge in [-0.25, -0.2) is 0 Å². The van der Waals surface area contributed by atoms with Crippen LogP contribution in [0.4, 0.5) is 0 Å². The van der Waals surface area contributed by atoms with Crippen LogP contribution in [-0.2, 0) is 12.5 Å². The molecule has 0 heterocycles. The van der Waals surface area contributed by atoms with E-state index in [1.165, 1.54) is 11.1 Å². The van der Waals surface area contributed by atoms with Crippen molar-refractivity contribution in [2.75, 3.05) is 7.11 Å². The smallest absolute Gasteiger partial charge is 0.175 e. The monoisotopic (exact) mass is 368 g/mol. The minimum Gasteiger partial charge on any atom is -0.493 e. The fourth-order valence-corrected chi connectivity index (χ4v) is 3.06. The van der Waals surface area contributed by atoms with Crippen molar-refractivity contribution in [1.82, 2.24) is 0 Å². The van der Waals surface area contributed by atoms with Gasteiger partial charge in [-0.2, -0.15) is 0 Å². The molecule has 0 spiro atoms. The topological polar surface area (TPSA) is 18.5 Å². The number of halogens is 2. The summed E-state index contributed by atoms with van der Waals surface area (Å²) in [6, 6.07) is 10.2. The van der Waals surface area contributed by atoms with Crippen LogP contribution in [0.15, 0.2) is 34.8 Å². The molecule has 2 nitrogen and oxygen atoms in total. The van der Waals surface area contributed by atoms with Gasteiger partial charge >= 0.3 is 0 Å². The molecule has 0 fully saturated rings. The molecule has 0 amide bonds. The molecule has 0 atom stereocenters. The van der Waals surface area contributed by atoms with Crippen LogP contribution in [0.25, 0.3) is 0 Å². The lowest BCUT2D eigenvalue weighted by atomic mass is 10.1. The lowest BCUT2D eigenvalue weighted by Crippen LogP contribution is -2.00. The van der Waals surface area contributed by atoms with Gasteiger partial charge in [0.25, 0.3) is 0 Å². The molecule has 0 unspecified atom stereocenters. The third-order valence-electron chi connectivity index (χ3n) is 3.11. The largest absolute Gasteiger partial charge is 0.493 e. The molecule has 4 heteroatoms. The number of benzene rings is 2. The number of ether oxygens (including phenoxy) is 2. The zero-order valence-corrected chi connectivity index (χ0v) is 14.7. The molecule has 0 aliphatic carbocycles. The summed E-state index contributed by atoms with van der Waals surface area (Å²) in [4.78, 5) is 0. The second-order valence-corrected chi connectivity index (χ2v) is 6.15. The summed E-state index contributed by atoms with van der Waals surface area (Å²) in [6.07, 6.45) is 0. The van der Waals surface area contributed by atoms with Crippen LogP contribution < -0.4 is 9.47 Å². The van der Waals surface area contributed by atoms with Crippen molar-refractivity contribution in [3.63, 3.8) is 0 Å². The number of alkyl halides is 1. The molecule has 2 rings (SSSR count). The molecule has 2 aromatic carbocycles. The van der Waals surface area contributed by atoms with Crippen molar-refractivity contribution in [1.29, 1.82) is 0 Å². The highest BCUT2D eigenvalue weighted by Gasteiger charge is 2.12. The van der Waals surface area contributed by atoms with E-state index in [-0.39, 0.29) is 0 Å². The first-order chi connectivity index (χ1) is 10.0. The van der Waals surface area contributed by atoms with E-state index in [2.05, 4.69) is 48.0 Å². The van der Waals surface area contributed by atoms with E-state index >= 15 is 0 Å². The second kappa shape index (κ2) is 7.19. The Kier molecular flexibility index (Phi) is 5.54. The highest BCUT2D eigenvalue weighted by molar-refractivity contribution is 9.10. The van der Waals surface area contributed by atoms with Gasteiger partial charge < -0.3 is 9.47 Å². The van der Waals surface area contributed by atoms with E-state index in [0.29, 0.717) is 24.0 Å². The zero-order chi connectivity index (χ0) is 15.4. The molecule has 112 valence electrons. The van der Waals surface area contributed by atoms with Crippen molar-refractivity contribution in [2.45, 2.75) is 26.3 Å². The van der Waals surface area contributed by atoms with Gasteiger partial charge in [0, 0.05) is 5.88 Å². The molecule has 0 aromatic heterocycles. The Morgan fingerprint density at radius 3 is 2.24 bits per heavy atom. The van der Waals surface area contributed by atoms with Crippen LogP contribution in [0.2, 0.25) is 0 Å². The van der Waals surface area contributed by atoms with Crippen molar-refractivity contribution in [3.05, 3.63) is 57.1 Å². The lowest BCUT2D eigenvalue weighted by molar-refractivity contribution is 0.282. The molecule has 0 aliphatic heterocycles. The third kappa shape index (κ3) is 4.14. The summed E-state index contributed by atoms with van der Waals surface area (Å²) in [5.41, 5.74) is 4.59. The average molecular weight is 370 g/mol. The number of rotatable bonds is 5. The Morgan fingerprint density at radius 1 is 1.00 bits per heavy atom. The average Bonchev–Trinajstić information content (AvgIpc) is 2.44. The van der Waals surface area contributed by atoms with E-state index in [4.69, 9.17) is 21.1 Å². The van der Waals surface area contributed by atoms with Gasteiger partial charge in [-0.1, -0.05) is 29.3 Å². The van der Waals surface area contributed by atoms with Crippen LogP contribution in [-0.4, -0.2) is 7.11 Å². The molecule has 0 saturated carbocycles. The first-order valence-corrected chi connectivity index (χ1v) is 7.98. The summed E-state index contributed by atoms with van der Waals surface area (Å²) >= 11 is 9.39. The first kappa shape index (κ1) is 16.2. The van der Waals surface area contributed by atoms with Gasteiger partial charge in [0.05, 0.1) is 11.6 Å². The van der Waals surface area contributed by atoms with Crippen LogP contribution >= 0.6 is 27.5 Å². The van der Waals surface area contributed by atoms with Crippen molar-refractivity contribution in [2.24, 2.45) is 0 Å². The van der Waals surface area contributed by atoms with Gasteiger partial charge in [0.2, 0.25) is 0 Å². The highest BCUT2D eigenvalue weighted by atomic mass is 79.9. The van der Waals surface area contributed by atoms with Gasteiger partial charge in [0.15, 0.2) is 11.5 Å². The van der Waals surface area contributed by atoms with Gasteiger partial charge in [0.1, 0.15) is 6.61 Å². The second-order valence-electron chi connectivity index (χ2n) is 5.03. The Hall–Kier alpha value is -1.19. The summed E-state index contributed by atoms with van der Waals surface area (Å²) in [6.45, 7) is 4.67. The molecule has 0 saturated heterocycles. The SMILES string of the molecule is COc1cc(CCl)cc(Br)c1OCc1cc(C)cc(C)c1. The Bertz CT molecular complexity index is 621. The normalized spacial score (nSPS) is 10.5. The van der Waals surface area contributed by atoms with Gasteiger partial charge in [-0.05, 0) is 53.0 Å². The molecule has 0 bridgehead atoms. The quantitative estimate of drug-likeness (QED) is 0.658. The Morgan fingerprint density at radius 2 is 1.67 bits per heavy atom. The summed E-state index contributed by atoms with van der Waals surface area (Å²) < 4.78 is 12.2. The fourth-order valence-electron chi connectivity index (χ4n) is 2.30. The molecular formula is C17H18BrClO2. The molecule has 0 aliphatic rings. The molecule has 0 N–H and O–H groups in total. The predicted octanol–water partition coefficient (Wildman–Crippen LogP) is 5.39. The Labute approximate surface area is 139 Å². The zero-order valence-electron chi connectivity index (χ0n) is 12.4. The molecule has 2 aromatic rings. The van der Waals surface area contributed by atoms with E-state index < -0.39 is 0 Å². The maximum atomic E-state index is 5.94. The fraction of sp³-hybridized carbons (Fsp3) is 0.294. The highest BCUT2D eigenvalue weighted by Crippen LogP contribution is 2.37.